The van der Waals surface area contributed by atoms with Gasteiger partial charge in [-0.3, -0.25) is 4.57 Å². The minimum Gasteiger partial charge on any atom is -0.746 e. The molecule has 0 aliphatic heterocycles. The molecule has 1 aromatic carbocycles. The van der Waals surface area contributed by atoms with E-state index < -0.39 is 7.82 Å². The minimum atomic E-state index is -4.77. The molecule has 0 bridgehead atoms. The van der Waals surface area contributed by atoms with E-state index in [-0.39, 0.29) is 5.75 Å². The highest BCUT2D eigenvalue weighted by atomic mass is 31.2. The first kappa shape index (κ1) is 12.2. The van der Waals surface area contributed by atoms with Crippen molar-refractivity contribution >= 4 is 18.7 Å². The van der Waals surface area contributed by atoms with Crippen molar-refractivity contribution in [3.8, 4) is 5.75 Å². The fourth-order valence-electron chi connectivity index (χ4n) is 1.89. The Labute approximate surface area is 98.7 Å². The van der Waals surface area contributed by atoms with E-state index in [1.54, 1.807) is 6.07 Å². The summed E-state index contributed by atoms with van der Waals surface area (Å²) in [7, 11) is -4.77. The monoisotopic (exact) mass is 254 g/mol. The van der Waals surface area contributed by atoms with Gasteiger partial charge in [0, 0.05) is 17.1 Å². The molecule has 0 aliphatic carbocycles. The third-order valence-corrected chi connectivity index (χ3v) is 2.91. The normalized spacial score (nSPS) is 14.8. The molecular formula is C11H13NO4P-. The molecule has 0 aliphatic rings. The Morgan fingerprint density at radius 2 is 2.29 bits per heavy atom. The SMILES string of the molecule is CCCc1c[nH]c2cccc(OP(=O)([O-])O)c12. The highest BCUT2D eigenvalue weighted by Crippen LogP contribution is 2.38. The summed E-state index contributed by atoms with van der Waals surface area (Å²) < 4.78 is 15.4. The molecule has 92 valence electrons. The van der Waals surface area contributed by atoms with Crippen LogP contribution in [0.5, 0.6) is 5.75 Å². The first-order chi connectivity index (χ1) is 8.01. The lowest BCUT2D eigenvalue weighted by Crippen LogP contribution is -2.05. The minimum absolute atomic E-state index is 0.160. The van der Waals surface area contributed by atoms with Gasteiger partial charge < -0.3 is 19.3 Å². The zero-order valence-electron chi connectivity index (χ0n) is 9.34. The summed E-state index contributed by atoms with van der Waals surface area (Å²) >= 11 is 0. The summed E-state index contributed by atoms with van der Waals surface area (Å²) in [5, 5.41) is 0.708. The van der Waals surface area contributed by atoms with Crippen LogP contribution in [-0.2, 0) is 11.0 Å². The summed E-state index contributed by atoms with van der Waals surface area (Å²) in [6, 6.07) is 5.02. The molecule has 0 fully saturated rings. The Balaban J connectivity index is 2.54. The van der Waals surface area contributed by atoms with Crippen LogP contribution in [0.15, 0.2) is 24.4 Å². The van der Waals surface area contributed by atoms with Crippen molar-refractivity contribution < 1.29 is 18.9 Å². The molecule has 1 aromatic heterocycles. The largest absolute Gasteiger partial charge is 0.746 e. The van der Waals surface area contributed by atoms with E-state index in [1.807, 2.05) is 19.2 Å². The topological polar surface area (TPSA) is 85.4 Å². The molecule has 17 heavy (non-hydrogen) atoms. The van der Waals surface area contributed by atoms with E-state index in [0.717, 1.165) is 23.9 Å². The second kappa shape index (κ2) is 4.53. The van der Waals surface area contributed by atoms with Crippen LogP contribution in [0.3, 0.4) is 0 Å². The second-order valence-electron chi connectivity index (χ2n) is 3.80. The van der Waals surface area contributed by atoms with E-state index in [1.165, 1.54) is 6.07 Å². The van der Waals surface area contributed by atoms with Gasteiger partial charge in [0.25, 0.3) is 0 Å². The number of hydrogen-bond acceptors (Lipinski definition) is 3. The van der Waals surface area contributed by atoms with Crippen molar-refractivity contribution in [3.05, 3.63) is 30.0 Å². The summed E-state index contributed by atoms with van der Waals surface area (Å²) in [6.07, 6.45) is 3.58. The Bertz CT molecular complexity index is 572. The van der Waals surface area contributed by atoms with Gasteiger partial charge in [0.2, 0.25) is 0 Å². The lowest BCUT2D eigenvalue weighted by atomic mass is 10.1. The van der Waals surface area contributed by atoms with Crippen LogP contribution < -0.4 is 9.42 Å². The zero-order chi connectivity index (χ0) is 12.5. The molecule has 2 rings (SSSR count). The molecule has 6 heteroatoms. The Morgan fingerprint density at radius 3 is 2.94 bits per heavy atom. The van der Waals surface area contributed by atoms with E-state index in [4.69, 9.17) is 4.89 Å². The number of fused-ring (bicyclic) bond motifs is 1. The first-order valence-electron chi connectivity index (χ1n) is 5.33. The Hall–Kier alpha value is -1.29. The van der Waals surface area contributed by atoms with Crippen LogP contribution in [0.4, 0.5) is 0 Å². The molecule has 0 saturated heterocycles. The van der Waals surface area contributed by atoms with Crippen LogP contribution in [0, 0.1) is 0 Å². The number of aromatic nitrogens is 1. The molecule has 2 N–H and O–H groups in total. The third-order valence-electron chi connectivity index (χ3n) is 2.48. The predicted octanol–water partition coefficient (Wildman–Crippen LogP) is 1.96. The predicted molar refractivity (Wildman–Crippen MR) is 62.7 cm³/mol. The van der Waals surface area contributed by atoms with Gasteiger partial charge in [0.15, 0.2) is 0 Å². The van der Waals surface area contributed by atoms with E-state index in [2.05, 4.69) is 9.51 Å². The van der Waals surface area contributed by atoms with Crippen LogP contribution in [-0.4, -0.2) is 9.88 Å². The summed E-state index contributed by atoms with van der Waals surface area (Å²) in [5.41, 5.74) is 1.77. The van der Waals surface area contributed by atoms with Crippen molar-refractivity contribution in [2.45, 2.75) is 19.8 Å². The quantitative estimate of drug-likeness (QED) is 0.816. The van der Waals surface area contributed by atoms with Gasteiger partial charge in [-0.15, -0.1) is 0 Å². The molecule has 1 unspecified atom stereocenters. The second-order valence-corrected chi connectivity index (χ2v) is 4.92. The number of aryl methyl sites for hydroxylation is 1. The van der Waals surface area contributed by atoms with Gasteiger partial charge in [-0.05, 0) is 24.1 Å². The van der Waals surface area contributed by atoms with Gasteiger partial charge in [0.05, 0.1) is 0 Å². The van der Waals surface area contributed by atoms with Crippen LogP contribution in [0.2, 0.25) is 0 Å². The van der Waals surface area contributed by atoms with Gasteiger partial charge in [-0.2, -0.15) is 0 Å². The number of rotatable bonds is 4. The van der Waals surface area contributed by atoms with Crippen molar-refractivity contribution in [1.82, 2.24) is 4.98 Å². The highest BCUT2D eigenvalue weighted by molar-refractivity contribution is 7.45. The van der Waals surface area contributed by atoms with Gasteiger partial charge >= 0.3 is 7.82 Å². The van der Waals surface area contributed by atoms with Crippen LogP contribution in [0.1, 0.15) is 18.9 Å². The molecule has 2 aromatic rings. The molecule has 0 radical (unpaired) electrons. The molecule has 0 amide bonds. The summed E-state index contributed by atoms with van der Waals surface area (Å²) in [5.74, 6) is 0.160. The maximum atomic E-state index is 10.8. The molecule has 1 heterocycles. The van der Waals surface area contributed by atoms with Gasteiger partial charge in [-0.25, -0.2) is 0 Å². The van der Waals surface area contributed by atoms with Crippen molar-refractivity contribution in [3.63, 3.8) is 0 Å². The van der Waals surface area contributed by atoms with Crippen LogP contribution >= 0.6 is 7.82 Å². The smallest absolute Gasteiger partial charge is 0.317 e. The number of phosphoric acid groups is 1. The van der Waals surface area contributed by atoms with Crippen molar-refractivity contribution in [2.24, 2.45) is 0 Å². The molecule has 0 spiro atoms. The van der Waals surface area contributed by atoms with Gasteiger partial charge in [-0.1, -0.05) is 19.4 Å². The Morgan fingerprint density at radius 1 is 1.53 bits per heavy atom. The molecular weight excluding hydrogens is 241 g/mol. The van der Waals surface area contributed by atoms with Gasteiger partial charge in [0.1, 0.15) is 5.75 Å². The molecule has 1 atom stereocenters. The zero-order valence-corrected chi connectivity index (χ0v) is 10.2. The van der Waals surface area contributed by atoms with E-state index >= 15 is 0 Å². The average Bonchev–Trinajstić information content (AvgIpc) is 2.61. The van der Waals surface area contributed by atoms with Crippen molar-refractivity contribution in [2.75, 3.05) is 0 Å². The first-order valence-corrected chi connectivity index (χ1v) is 6.83. The average molecular weight is 254 g/mol. The fraction of sp³-hybridized carbons (Fsp3) is 0.273. The Kier molecular flexibility index (Phi) is 3.24. The number of aromatic amines is 1. The van der Waals surface area contributed by atoms with E-state index in [9.17, 15) is 9.46 Å². The van der Waals surface area contributed by atoms with E-state index in [0.29, 0.717) is 5.39 Å². The summed E-state index contributed by atoms with van der Waals surface area (Å²) in [6.45, 7) is 2.03. The number of benzene rings is 1. The van der Waals surface area contributed by atoms with Crippen molar-refractivity contribution in [1.29, 1.82) is 0 Å². The fourth-order valence-corrected chi connectivity index (χ4v) is 2.29. The lowest BCUT2D eigenvalue weighted by Gasteiger charge is -2.17. The number of nitrogens with one attached hydrogen (secondary N) is 1. The van der Waals surface area contributed by atoms with Crippen LogP contribution in [0.25, 0.3) is 10.9 Å². The maximum absolute atomic E-state index is 10.8. The third kappa shape index (κ3) is 2.69. The molecule has 5 nitrogen and oxygen atoms in total. The molecule has 0 saturated carbocycles. The number of phosphoric ester groups is 1. The highest BCUT2D eigenvalue weighted by Gasteiger charge is 2.12. The summed E-state index contributed by atoms with van der Waals surface area (Å²) in [4.78, 5) is 22.6. The maximum Gasteiger partial charge on any atom is 0.317 e. The number of hydrogen-bond donors (Lipinski definition) is 2. The lowest BCUT2D eigenvalue weighted by molar-refractivity contribution is -0.211. The number of H-pyrrole nitrogens is 1. The standard InChI is InChI=1S/C11H14NO4P/c1-2-4-8-7-12-9-5-3-6-10(11(8)9)16-17(13,14)15/h3,5-7,12H,2,4H2,1H3,(H2,13,14,15)/p-1.